The Labute approximate surface area is 175 Å². The van der Waals surface area contributed by atoms with Crippen LogP contribution in [0.15, 0.2) is 34.4 Å². The lowest BCUT2D eigenvalue weighted by atomic mass is 10.2. The molecule has 30 heavy (non-hydrogen) atoms. The Bertz CT molecular complexity index is 968. The van der Waals surface area contributed by atoms with Gasteiger partial charge in [-0.3, -0.25) is 4.79 Å². The van der Waals surface area contributed by atoms with Crippen LogP contribution in [0.4, 0.5) is 11.4 Å². The summed E-state index contributed by atoms with van der Waals surface area (Å²) in [7, 11) is -2.42. The van der Waals surface area contributed by atoms with Gasteiger partial charge in [0.15, 0.2) is 9.84 Å². The number of sulfone groups is 1. The number of β-amino-alcohol motifs (C(OH)–C–C–N with tert-alkyl or cyclic N) is 1. The molecule has 0 unspecified atom stereocenters. The molecule has 2 aliphatic rings. The van der Waals surface area contributed by atoms with Gasteiger partial charge in [-0.15, -0.1) is 0 Å². The predicted octanol–water partition coefficient (Wildman–Crippen LogP) is -0.400. The molecule has 0 aromatic heterocycles. The molecular weight excluding hydrogens is 414 g/mol. The van der Waals surface area contributed by atoms with Gasteiger partial charge in [0, 0.05) is 31.6 Å². The third kappa shape index (κ3) is 4.58. The fraction of sp³-hybridized carbons (Fsp3) is 0.474. The summed E-state index contributed by atoms with van der Waals surface area (Å²) in [6, 6.07) is 4.83. The van der Waals surface area contributed by atoms with E-state index < -0.39 is 21.7 Å². The number of methoxy groups -OCH3 is 1. The molecule has 1 aromatic carbocycles. The SMILES string of the molecule is COC(=O)C1=C(Nc2cc(N3CCOCC3)ccc2S(C)(=O)=O)C(=O)N(CCO)C1. The summed E-state index contributed by atoms with van der Waals surface area (Å²) in [4.78, 5) is 28.3. The fourth-order valence-corrected chi connectivity index (χ4v) is 4.27. The van der Waals surface area contributed by atoms with E-state index >= 15 is 0 Å². The van der Waals surface area contributed by atoms with Gasteiger partial charge in [0.2, 0.25) is 0 Å². The molecular formula is C19H25N3O7S. The Morgan fingerprint density at radius 2 is 2.00 bits per heavy atom. The molecule has 2 aliphatic heterocycles. The summed E-state index contributed by atoms with van der Waals surface area (Å²) >= 11 is 0. The zero-order valence-electron chi connectivity index (χ0n) is 16.9. The van der Waals surface area contributed by atoms with Crippen LogP contribution in [0.25, 0.3) is 0 Å². The first-order valence-electron chi connectivity index (χ1n) is 9.41. The van der Waals surface area contributed by atoms with Crippen LogP contribution in [0.3, 0.4) is 0 Å². The Balaban J connectivity index is 2.03. The van der Waals surface area contributed by atoms with E-state index in [9.17, 15) is 23.1 Å². The molecule has 0 radical (unpaired) electrons. The molecule has 0 aliphatic carbocycles. The number of carbonyl (C=O) groups is 2. The first-order valence-corrected chi connectivity index (χ1v) is 11.3. The summed E-state index contributed by atoms with van der Waals surface area (Å²) in [5.41, 5.74) is 0.981. The van der Waals surface area contributed by atoms with Crippen molar-refractivity contribution in [3.8, 4) is 0 Å². The maximum absolute atomic E-state index is 12.8. The number of hydrogen-bond acceptors (Lipinski definition) is 9. The van der Waals surface area contributed by atoms with E-state index in [0.717, 1.165) is 11.9 Å². The van der Waals surface area contributed by atoms with Crippen molar-refractivity contribution in [2.45, 2.75) is 4.90 Å². The lowest BCUT2D eigenvalue weighted by Gasteiger charge is -2.29. The largest absolute Gasteiger partial charge is 0.466 e. The summed E-state index contributed by atoms with van der Waals surface area (Å²) in [6.07, 6.45) is 1.08. The summed E-state index contributed by atoms with van der Waals surface area (Å²) in [6.45, 7) is 2.15. The van der Waals surface area contributed by atoms with Crippen LogP contribution in [0.2, 0.25) is 0 Å². The van der Waals surface area contributed by atoms with E-state index in [1.165, 1.54) is 18.1 Å². The van der Waals surface area contributed by atoms with Crippen LogP contribution in [0.1, 0.15) is 0 Å². The molecule has 11 heteroatoms. The second-order valence-electron chi connectivity index (χ2n) is 6.97. The third-order valence-electron chi connectivity index (χ3n) is 4.95. The van der Waals surface area contributed by atoms with E-state index in [1.54, 1.807) is 12.1 Å². The van der Waals surface area contributed by atoms with Gasteiger partial charge in [-0.2, -0.15) is 0 Å². The van der Waals surface area contributed by atoms with Gasteiger partial charge in [-0.1, -0.05) is 0 Å². The average Bonchev–Trinajstić information content (AvgIpc) is 3.03. The van der Waals surface area contributed by atoms with Crippen molar-refractivity contribution in [2.75, 3.05) is 69.6 Å². The van der Waals surface area contributed by atoms with Crippen molar-refractivity contribution < 1.29 is 32.6 Å². The van der Waals surface area contributed by atoms with Gasteiger partial charge in [0.05, 0.1) is 49.6 Å². The number of morpholine rings is 1. The minimum absolute atomic E-state index is 0.00429. The molecule has 1 saturated heterocycles. The van der Waals surface area contributed by atoms with E-state index in [1.807, 2.05) is 4.90 Å². The molecule has 3 rings (SSSR count). The molecule has 2 heterocycles. The first-order chi connectivity index (χ1) is 14.3. The molecule has 1 aromatic rings. The monoisotopic (exact) mass is 439 g/mol. The smallest absolute Gasteiger partial charge is 0.337 e. The molecule has 1 fully saturated rings. The number of aliphatic hydroxyl groups excluding tert-OH is 1. The summed E-state index contributed by atoms with van der Waals surface area (Å²) < 4.78 is 34.8. The van der Waals surface area contributed by atoms with Gasteiger partial charge in [-0.25, -0.2) is 13.2 Å². The lowest BCUT2D eigenvalue weighted by Crippen LogP contribution is -2.36. The minimum Gasteiger partial charge on any atom is -0.466 e. The number of amides is 1. The number of nitrogens with zero attached hydrogens (tertiary/aromatic N) is 2. The average molecular weight is 439 g/mol. The van der Waals surface area contributed by atoms with Crippen LogP contribution in [0, 0.1) is 0 Å². The minimum atomic E-state index is -3.62. The predicted molar refractivity (Wildman–Crippen MR) is 109 cm³/mol. The zero-order chi connectivity index (χ0) is 21.9. The normalized spacial score (nSPS) is 17.5. The highest BCUT2D eigenvalue weighted by Crippen LogP contribution is 2.31. The summed E-state index contributed by atoms with van der Waals surface area (Å²) in [5, 5.41) is 12.1. The van der Waals surface area contributed by atoms with Crippen molar-refractivity contribution in [3.05, 3.63) is 29.5 Å². The van der Waals surface area contributed by atoms with Crippen molar-refractivity contribution in [1.29, 1.82) is 0 Å². The summed E-state index contributed by atoms with van der Waals surface area (Å²) in [5.74, 6) is -1.21. The zero-order valence-corrected chi connectivity index (χ0v) is 17.7. The van der Waals surface area contributed by atoms with Gasteiger partial charge in [-0.05, 0) is 18.2 Å². The first kappa shape index (κ1) is 22.1. The molecule has 0 spiro atoms. The molecule has 0 atom stereocenters. The number of benzene rings is 1. The number of rotatable bonds is 7. The molecule has 10 nitrogen and oxygen atoms in total. The van der Waals surface area contributed by atoms with E-state index in [4.69, 9.17) is 9.47 Å². The maximum Gasteiger partial charge on any atom is 0.337 e. The van der Waals surface area contributed by atoms with Gasteiger partial charge < -0.3 is 29.7 Å². The number of hydrogen-bond donors (Lipinski definition) is 2. The number of esters is 1. The van der Waals surface area contributed by atoms with Crippen molar-refractivity contribution in [2.24, 2.45) is 0 Å². The van der Waals surface area contributed by atoms with Gasteiger partial charge >= 0.3 is 5.97 Å². The number of anilines is 2. The quantitative estimate of drug-likeness (QED) is 0.546. The van der Waals surface area contributed by atoms with E-state index in [2.05, 4.69) is 5.32 Å². The Morgan fingerprint density at radius 1 is 1.30 bits per heavy atom. The highest BCUT2D eigenvalue weighted by atomic mass is 32.2. The highest BCUT2D eigenvalue weighted by Gasteiger charge is 2.35. The third-order valence-corrected chi connectivity index (χ3v) is 6.11. The standard InChI is InChI=1S/C19H25N3O7S/c1-28-19(25)14-12-22(5-8-23)18(24)17(14)20-15-11-13(21-6-9-29-10-7-21)3-4-16(15)30(2,26)27/h3-4,11,20,23H,5-10,12H2,1-2H3. The van der Waals surface area contributed by atoms with Crippen molar-refractivity contribution >= 4 is 33.1 Å². The molecule has 2 N–H and O–H groups in total. The van der Waals surface area contributed by atoms with Crippen molar-refractivity contribution in [1.82, 2.24) is 4.90 Å². The van der Waals surface area contributed by atoms with Crippen LogP contribution in [-0.2, 0) is 28.9 Å². The number of ether oxygens (including phenoxy) is 2. The second kappa shape index (κ2) is 9.02. The van der Waals surface area contributed by atoms with Crippen LogP contribution < -0.4 is 10.2 Å². The topological polar surface area (TPSA) is 125 Å². The second-order valence-corrected chi connectivity index (χ2v) is 8.96. The Kier molecular flexibility index (Phi) is 6.64. The highest BCUT2D eigenvalue weighted by molar-refractivity contribution is 7.90. The number of aliphatic hydroxyl groups is 1. The number of nitrogens with one attached hydrogen (secondary N) is 1. The van der Waals surface area contributed by atoms with Crippen molar-refractivity contribution in [3.63, 3.8) is 0 Å². The van der Waals surface area contributed by atoms with E-state index in [0.29, 0.717) is 26.3 Å². The molecule has 1 amide bonds. The molecule has 0 bridgehead atoms. The van der Waals surface area contributed by atoms with Crippen LogP contribution in [0.5, 0.6) is 0 Å². The maximum atomic E-state index is 12.8. The molecule has 164 valence electrons. The van der Waals surface area contributed by atoms with Crippen LogP contribution in [-0.4, -0.2) is 89.7 Å². The van der Waals surface area contributed by atoms with Gasteiger partial charge in [0.1, 0.15) is 5.70 Å². The fourth-order valence-electron chi connectivity index (χ4n) is 3.44. The Hall–Kier alpha value is -2.63. The lowest BCUT2D eigenvalue weighted by molar-refractivity contribution is -0.136. The Morgan fingerprint density at radius 3 is 2.60 bits per heavy atom. The molecule has 0 saturated carbocycles. The number of carbonyl (C=O) groups excluding carboxylic acids is 2. The van der Waals surface area contributed by atoms with Gasteiger partial charge in [0.25, 0.3) is 5.91 Å². The van der Waals surface area contributed by atoms with E-state index in [-0.39, 0.29) is 41.5 Å². The van der Waals surface area contributed by atoms with Crippen LogP contribution >= 0.6 is 0 Å².